The predicted molar refractivity (Wildman–Crippen MR) is 154 cm³/mol. The summed E-state index contributed by atoms with van der Waals surface area (Å²) >= 11 is 0. The molecule has 0 aliphatic rings. The summed E-state index contributed by atoms with van der Waals surface area (Å²) in [5.74, 6) is 0. The standard InChI is InChI=1S/C34H21N3/c1-2-14-28-26(13-1)33-27(15-8-20-35-33)29-18-19-30(36-34(28)29)22-9-7-10-23(21-22)37-31-16-5-3-11-24(31)25-12-4-6-17-32(25)37/h1-21H. The van der Waals surface area contributed by atoms with Gasteiger partial charge in [-0.25, -0.2) is 4.98 Å². The highest BCUT2D eigenvalue weighted by atomic mass is 15.0. The van der Waals surface area contributed by atoms with Crippen molar-refractivity contribution in [2.75, 3.05) is 0 Å². The SMILES string of the molecule is c1cc(-c2ccc3c4cccnc4c4ccccc4c3n2)cc(-n2c3ccccc3c3ccccc32)c1. The maximum Gasteiger partial charge on any atom is 0.0795 e. The average Bonchev–Trinajstić information content (AvgIpc) is 3.32. The minimum Gasteiger partial charge on any atom is -0.309 e. The molecule has 8 aromatic rings. The molecule has 0 aliphatic heterocycles. The number of pyridine rings is 2. The van der Waals surface area contributed by atoms with Gasteiger partial charge in [0.1, 0.15) is 0 Å². The fraction of sp³-hybridized carbons (Fsp3) is 0. The van der Waals surface area contributed by atoms with Crippen LogP contribution in [0.2, 0.25) is 0 Å². The highest BCUT2D eigenvalue weighted by molar-refractivity contribution is 6.23. The van der Waals surface area contributed by atoms with E-state index in [2.05, 4.69) is 120 Å². The molecule has 0 N–H and O–H groups in total. The van der Waals surface area contributed by atoms with Crippen LogP contribution < -0.4 is 0 Å². The molecule has 0 radical (unpaired) electrons. The lowest BCUT2D eigenvalue weighted by molar-refractivity contribution is 1.18. The third-order valence-electron chi connectivity index (χ3n) is 7.41. The van der Waals surface area contributed by atoms with Crippen molar-refractivity contribution in [3.05, 3.63) is 128 Å². The van der Waals surface area contributed by atoms with Crippen molar-refractivity contribution < 1.29 is 0 Å². The second-order valence-corrected chi connectivity index (χ2v) is 9.46. The van der Waals surface area contributed by atoms with E-state index in [1.807, 2.05) is 12.3 Å². The van der Waals surface area contributed by atoms with Crippen LogP contribution in [0, 0.1) is 0 Å². The summed E-state index contributed by atoms with van der Waals surface area (Å²) in [4.78, 5) is 9.93. The van der Waals surface area contributed by atoms with E-state index in [1.165, 1.54) is 21.8 Å². The van der Waals surface area contributed by atoms with Crippen LogP contribution >= 0.6 is 0 Å². The van der Waals surface area contributed by atoms with E-state index in [0.29, 0.717) is 0 Å². The summed E-state index contributed by atoms with van der Waals surface area (Å²) in [6, 6.07) is 42.8. The Morgan fingerprint density at radius 1 is 0.459 bits per heavy atom. The molecule has 0 spiro atoms. The van der Waals surface area contributed by atoms with E-state index in [9.17, 15) is 0 Å². The zero-order valence-electron chi connectivity index (χ0n) is 20.0. The van der Waals surface area contributed by atoms with Crippen LogP contribution in [0.15, 0.2) is 128 Å². The molecule has 0 unspecified atom stereocenters. The van der Waals surface area contributed by atoms with Crippen LogP contribution in [0.1, 0.15) is 0 Å². The number of para-hydroxylation sites is 2. The molecular formula is C34H21N3. The first-order valence-electron chi connectivity index (χ1n) is 12.5. The van der Waals surface area contributed by atoms with Gasteiger partial charge in [-0.3, -0.25) is 4.98 Å². The van der Waals surface area contributed by atoms with Crippen LogP contribution in [-0.2, 0) is 0 Å². The second kappa shape index (κ2) is 7.74. The number of aromatic nitrogens is 3. The largest absolute Gasteiger partial charge is 0.309 e. The third kappa shape index (κ3) is 2.95. The number of rotatable bonds is 2. The van der Waals surface area contributed by atoms with Gasteiger partial charge in [-0.15, -0.1) is 0 Å². The Morgan fingerprint density at radius 2 is 1.05 bits per heavy atom. The molecule has 3 nitrogen and oxygen atoms in total. The Labute approximate surface area is 213 Å². The molecule has 8 rings (SSSR count). The number of hydrogen-bond donors (Lipinski definition) is 0. The maximum atomic E-state index is 5.23. The smallest absolute Gasteiger partial charge is 0.0795 e. The Bertz CT molecular complexity index is 2060. The van der Waals surface area contributed by atoms with Crippen molar-refractivity contribution in [1.29, 1.82) is 0 Å². The number of hydrogen-bond acceptors (Lipinski definition) is 2. The lowest BCUT2D eigenvalue weighted by Crippen LogP contribution is -1.95. The number of fused-ring (bicyclic) bond motifs is 9. The summed E-state index contributed by atoms with van der Waals surface area (Å²) in [5, 5.41) is 7.05. The zero-order chi connectivity index (χ0) is 24.3. The van der Waals surface area contributed by atoms with Gasteiger partial charge in [0.25, 0.3) is 0 Å². The van der Waals surface area contributed by atoms with Crippen molar-refractivity contribution in [3.63, 3.8) is 0 Å². The molecule has 0 atom stereocenters. The molecule has 3 heteroatoms. The molecule has 3 heterocycles. The van der Waals surface area contributed by atoms with Crippen molar-refractivity contribution in [3.8, 4) is 16.9 Å². The molecule has 0 amide bonds. The van der Waals surface area contributed by atoms with E-state index >= 15 is 0 Å². The summed E-state index contributed by atoms with van der Waals surface area (Å²) < 4.78 is 2.35. The first kappa shape index (κ1) is 20.2. The highest BCUT2D eigenvalue weighted by Crippen LogP contribution is 2.36. The van der Waals surface area contributed by atoms with Gasteiger partial charge in [0.05, 0.1) is 27.8 Å². The van der Waals surface area contributed by atoms with E-state index in [1.54, 1.807) is 0 Å². The first-order chi connectivity index (χ1) is 18.4. The van der Waals surface area contributed by atoms with Crippen molar-refractivity contribution in [1.82, 2.24) is 14.5 Å². The Balaban J connectivity index is 1.38. The fourth-order valence-corrected chi connectivity index (χ4v) is 5.78. The van der Waals surface area contributed by atoms with Gasteiger partial charge < -0.3 is 4.57 Å². The lowest BCUT2D eigenvalue weighted by Gasteiger charge is -2.12. The van der Waals surface area contributed by atoms with Gasteiger partial charge in [-0.2, -0.15) is 0 Å². The van der Waals surface area contributed by atoms with Gasteiger partial charge in [-0.1, -0.05) is 78.9 Å². The molecule has 0 bridgehead atoms. The van der Waals surface area contributed by atoms with E-state index in [-0.39, 0.29) is 0 Å². The molecule has 172 valence electrons. The van der Waals surface area contributed by atoms with Crippen LogP contribution in [-0.4, -0.2) is 14.5 Å². The lowest BCUT2D eigenvalue weighted by atomic mass is 9.99. The minimum absolute atomic E-state index is 0.962. The van der Waals surface area contributed by atoms with E-state index < -0.39 is 0 Å². The Hall–Kier alpha value is -5.02. The van der Waals surface area contributed by atoms with Crippen LogP contribution in [0.3, 0.4) is 0 Å². The predicted octanol–water partition coefficient (Wildman–Crippen LogP) is 8.70. The number of nitrogens with zero attached hydrogens (tertiary/aromatic N) is 3. The van der Waals surface area contributed by atoms with Crippen molar-refractivity contribution >= 4 is 54.4 Å². The molecule has 5 aromatic carbocycles. The monoisotopic (exact) mass is 471 g/mol. The van der Waals surface area contributed by atoms with Crippen LogP contribution in [0.4, 0.5) is 0 Å². The Kier molecular flexibility index (Phi) is 4.23. The Morgan fingerprint density at radius 3 is 1.78 bits per heavy atom. The molecule has 0 saturated carbocycles. The topological polar surface area (TPSA) is 30.7 Å². The van der Waals surface area contributed by atoms with Gasteiger partial charge in [0, 0.05) is 49.8 Å². The summed E-state index contributed by atoms with van der Waals surface area (Å²) in [7, 11) is 0. The molecule has 0 saturated heterocycles. The third-order valence-corrected chi connectivity index (χ3v) is 7.41. The van der Waals surface area contributed by atoms with E-state index in [0.717, 1.165) is 49.5 Å². The van der Waals surface area contributed by atoms with Crippen molar-refractivity contribution in [2.24, 2.45) is 0 Å². The summed E-state index contributed by atoms with van der Waals surface area (Å²) in [6.45, 7) is 0. The summed E-state index contributed by atoms with van der Waals surface area (Å²) in [5.41, 5.74) is 7.63. The molecule has 37 heavy (non-hydrogen) atoms. The maximum absolute atomic E-state index is 5.23. The first-order valence-corrected chi connectivity index (χ1v) is 12.5. The van der Waals surface area contributed by atoms with Crippen molar-refractivity contribution in [2.45, 2.75) is 0 Å². The molecule has 3 aromatic heterocycles. The van der Waals surface area contributed by atoms with Crippen LogP contribution in [0.5, 0.6) is 0 Å². The van der Waals surface area contributed by atoms with Gasteiger partial charge >= 0.3 is 0 Å². The van der Waals surface area contributed by atoms with Crippen LogP contribution in [0.25, 0.3) is 71.3 Å². The van der Waals surface area contributed by atoms with Gasteiger partial charge in [0.2, 0.25) is 0 Å². The second-order valence-electron chi connectivity index (χ2n) is 9.46. The number of benzene rings is 5. The van der Waals surface area contributed by atoms with Gasteiger partial charge in [-0.05, 0) is 42.5 Å². The highest BCUT2D eigenvalue weighted by Gasteiger charge is 2.14. The normalized spacial score (nSPS) is 11.8. The van der Waals surface area contributed by atoms with Gasteiger partial charge in [0.15, 0.2) is 0 Å². The average molecular weight is 472 g/mol. The summed E-state index contributed by atoms with van der Waals surface area (Å²) in [6.07, 6.45) is 1.86. The fourth-order valence-electron chi connectivity index (χ4n) is 5.78. The molecular weight excluding hydrogens is 450 g/mol. The molecule has 0 fully saturated rings. The quantitative estimate of drug-likeness (QED) is 0.236. The molecule has 0 aliphatic carbocycles. The minimum atomic E-state index is 0.962. The zero-order valence-corrected chi connectivity index (χ0v) is 20.0. The van der Waals surface area contributed by atoms with E-state index in [4.69, 9.17) is 9.97 Å².